The van der Waals surface area contributed by atoms with E-state index < -0.39 is 6.04 Å². The molecule has 2 unspecified atom stereocenters. The van der Waals surface area contributed by atoms with E-state index in [1.54, 1.807) is 4.90 Å². The Kier molecular flexibility index (Phi) is 4.30. The number of nitrogens with zero attached hydrogens (tertiary/aromatic N) is 2. The molecule has 3 aliphatic rings. The van der Waals surface area contributed by atoms with Gasteiger partial charge in [0.05, 0.1) is 18.7 Å². The standard InChI is InChI=1S/C23H24N2O3/c26-22(12-16-6-2-1-3-7-16)24-15-18-13-20(24)23(27)25(14-17-10-11-17)19-8-4-5-9-21(19)28-18/h1-9,17-18,20H,10-15H2. The van der Waals surface area contributed by atoms with Crippen molar-refractivity contribution in [1.82, 2.24) is 4.90 Å². The Bertz CT molecular complexity index is 894. The molecule has 1 saturated carbocycles. The van der Waals surface area contributed by atoms with Crippen LogP contribution in [0.2, 0.25) is 0 Å². The number of amides is 2. The first-order valence-corrected chi connectivity index (χ1v) is 10.1. The van der Waals surface area contributed by atoms with Crippen molar-refractivity contribution >= 4 is 17.5 Å². The second-order valence-corrected chi connectivity index (χ2v) is 8.06. The average Bonchev–Trinajstić information content (AvgIpc) is 3.43. The van der Waals surface area contributed by atoms with Crippen LogP contribution in [-0.2, 0) is 16.0 Å². The fraction of sp³-hybridized carbons (Fsp3) is 0.391. The lowest BCUT2D eigenvalue weighted by molar-refractivity contribution is -0.137. The van der Waals surface area contributed by atoms with Crippen LogP contribution in [0, 0.1) is 5.92 Å². The van der Waals surface area contributed by atoms with E-state index in [1.807, 2.05) is 59.5 Å². The summed E-state index contributed by atoms with van der Waals surface area (Å²) in [5.74, 6) is 1.33. The molecular weight excluding hydrogens is 352 g/mol. The van der Waals surface area contributed by atoms with Crippen molar-refractivity contribution < 1.29 is 14.3 Å². The summed E-state index contributed by atoms with van der Waals surface area (Å²) in [4.78, 5) is 30.2. The summed E-state index contributed by atoms with van der Waals surface area (Å²) in [6.45, 7) is 1.18. The van der Waals surface area contributed by atoms with Crippen molar-refractivity contribution in [3.63, 3.8) is 0 Å². The molecule has 144 valence electrons. The minimum Gasteiger partial charge on any atom is -0.486 e. The zero-order valence-corrected chi connectivity index (χ0v) is 15.8. The van der Waals surface area contributed by atoms with E-state index >= 15 is 0 Å². The predicted molar refractivity (Wildman–Crippen MR) is 106 cm³/mol. The lowest BCUT2D eigenvalue weighted by Crippen LogP contribution is -2.49. The first kappa shape index (κ1) is 17.3. The van der Waals surface area contributed by atoms with Crippen molar-refractivity contribution in [3.05, 3.63) is 60.2 Å². The molecule has 2 atom stereocenters. The molecule has 28 heavy (non-hydrogen) atoms. The van der Waals surface area contributed by atoms with Gasteiger partial charge in [0.2, 0.25) is 11.8 Å². The van der Waals surface area contributed by atoms with Crippen LogP contribution < -0.4 is 9.64 Å². The number of benzene rings is 2. The van der Waals surface area contributed by atoms with Crippen LogP contribution in [0.3, 0.4) is 0 Å². The first-order chi connectivity index (χ1) is 13.7. The quantitative estimate of drug-likeness (QED) is 0.824. The monoisotopic (exact) mass is 376 g/mol. The van der Waals surface area contributed by atoms with Crippen LogP contribution in [0.5, 0.6) is 5.75 Å². The predicted octanol–water partition coefficient (Wildman–Crippen LogP) is 3.03. The Balaban J connectivity index is 1.44. The SMILES string of the molecule is O=C1C2CC(CN2C(=O)Cc2ccccc2)Oc2ccccc2N1CC1CC1. The van der Waals surface area contributed by atoms with Crippen LogP contribution >= 0.6 is 0 Å². The molecule has 5 heteroatoms. The van der Waals surface area contributed by atoms with Crippen LogP contribution in [-0.4, -0.2) is 41.9 Å². The third kappa shape index (κ3) is 3.26. The van der Waals surface area contributed by atoms with Gasteiger partial charge in [-0.05, 0) is 36.5 Å². The maximum absolute atomic E-state index is 13.5. The van der Waals surface area contributed by atoms with Crippen LogP contribution in [0.4, 0.5) is 5.69 Å². The number of carbonyl (C=O) groups is 2. The van der Waals surface area contributed by atoms with Crippen LogP contribution in [0.1, 0.15) is 24.8 Å². The van der Waals surface area contributed by atoms with Gasteiger partial charge in [-0.15, -0.1) is 0 Å². The van der Waals surface area contributed by atoms with Gasteiger partial charge in [0.15, 0.2) is 0 Å². The molecule has 2 aliphatic heterocycles. The summed E-state index contributed by atoms with van der Waals surface area (Å²) in [5.41, 5.74) is 1.81. The lowest BCUT2D eigenvalue weighted by Gasteiger charge is -2.31. The molecule has 5 rings (SSSR count). The van der Waals surface area contributed by atoms with E-state index in [1.165, 1.54) is 0 Å². The first-order valence-electron chi connectivity index (χ1n) is 10.1. The minimum atomic E-state index is -0.437. The molecule has 1 aliphatic carbocycles. The molecule has 0 N–H and O–H groups in total. The molecule has 2 aromatic carbocycles. The maximum Gasteiger partial charge on any atom is 0.250 e. The Morgan fingerprint density at radius 1 is 1.04 bits per heavy atom. The molecule has 5 nitrogen and oxygen atoms in total. The highest BCUT2D eigenvalue weighted by molar-refractivity contribution is 6.01. The third-order valence-corrected chi connectivity index (χ3v) is 5.92. The zero-order chi connectivity index (χ0) is 19.1. The molecule has 2 amide bonds. The number of hydrogen-bond acceptors (Lipinski definition) is 3. The highest BCUT2D eigenvalue weighted by Crippen LogP contribution is 2.39. The highest BCUT2D eigenvalue weighted by atomic mass is 16.5. The summed E-state index contributed by atoms with van der Waals surface area (Å²) in [6, 6.07) is 17.0. The number of anilines is 1. The van der Waals surface area contributed by atoms with E-state index in [9.17, 15) is 9.59 Å². The number of ether oxygens (including phenoxy) is 1. The van der Waals surface area contributed by atoms with Crippen LogP contribution in [0.25, 0.3) is 0 Å². The number of para-hydroxylation sites is 2. The topological polar surface area (TPSA) is 49.9 Å². The van der Waals surface area contributed by atoms with Gasteiger partial charge in [-0.3, -0.25) is 9.59 Å². The zero-order valence-electron chi connectivity index (χ0n) is 15.8. The Morgan fingerprint density at radius 2 is 1.79 bits per heavy atom. The molecule has 0 aromatic heterocycles. The summed E-state index contributed by atoms with van der Waals surface area (Å²) >= 11 is 0. The minimum absolute atomic E-state index is 0.00650. The van der Waals surface area contributed by atoms with E-state index in [2.05, 4.69) is 0 Å². The van der Waals surface area contributed by atoms with E-state index in [0.717, 1.165) is 29.8 Å². The Labute approximate surface area is 164 Å². The maximum atomic E-state index is 13.5. The van der Waals surface area contributed by atoms with Gasteiger partial charge in [-0.25, -0.2) is 0 Å². The van der Waals surface area contributed by atoms with Gasteiger partial charge in [-0.2, -0.15) is 0 Å². The van der Waals surface area contributed by atoms with Gasteiger partial charge in [0, 0.05) is 13.0 Å². The van der Waals surface area contributed by atoms with Crippen molar-refractivity contribution in [2.45, 2.75) is 37.8 Å². The molecule has 0 spiro atoms. The largest absolute Gasteiger partial charge is 0.486 e. The van der Waals surface area contributed by atoms with Crippen molar-refractivity contribution in [1.29, 1.82) is 0 Å². The summed E-state index contributed by atoms with van der Waals surface area (Å²) in [6.07, 6.45) is 3.06. The molecule has 2 aromatic rings. The fourth-order valence-corrected chi connectivity index (χ4v) is 4.27. The van der Waals surface area contributed by atoms with Crippen LogP contribution in [0.15, 0.2) is 54.6 Å². The molecule has 0 radical (unpaired) electrons. The normalized spacial score (nSPS) is 23.6. The van der Waals surface area contributed by atoms with E-state index in [-0.39, 0.29) is 17.9 Å². The average molecular weight is 376 g/mol. The smallest absolute Gasteiger partial charge is 0.250 e. The van der Waals surface area contributed by atoms with Crippen molar-refractivity contribution in [2.75, 3.05) is 18.0 Å². The second kappa shape index (κ2) is 6.97. The summed E-state index contributed by atoms with van der Waals surface area (Å²) in [5, 5.41) is 0. The highest BCUT2D eigenvalue weighted by Gasteiger charge is 2.45. The lowest BCUT2D eigenvalue weighted by atomic mass is 10.1. The molecule has 1 saturated heterocycles. The molecule has 2 fully saturated rings. The molecule has 2 heterocycles. The number of fused-ring (bicyclic) bond motifs is 3. The number of rotatable bonds is 4. The summed E-state index contributed by atoms with van der Waals surface area (Å²) < 4.78 is 6.25. The second-order valence-electron chi connectivity index (χ2n) is 8.06. The van der Waals surface area contributed by atoms with Crippen molar-refractivity contribution in [2.24, 2.45) is 5.92 Å². The Morgan fingerprint density at radius 3 is 2.57 bits per heavy atom. The van der Waals surface area contributed by atoms with E-state index in [4.69, 9.17) is 4.74 Å². The van der Waals surface area contributed by atoms with Gasteiger partial charge >= 0.3 is 0 Å². The van der Waals surface area contributed by atoms with Crippen molar-refractivity contribution in [3.8, 4) is 5.75 Å². The van der Waals surface area contributed by atoms with Gasteiger partial charge in [0.1, 0.15) is 17.9 Å². The number of hydrogen-bond donors (Lipinski definition) is 0. The number of likely N-dealkylation sites (tertiary alicyclic amines) is 1. The van der Waals surface area contributed by atoms with E-state index in [0.29, 0.717) is 31.8 Å². The van der Waals surface area contributed by atoms with Gasteiger partial charge in [0.25, 0.3) is 0 Å². The fourth-order valence-electron chi connectivity index (χ4n) is 4.27. The third-order valence-electron chi connectivity index (χ3n) is 5.92. The number of carbonyl (C=O) groups excluding carboxylic acids is 2. The summed E-state index contributed by atoms with van der Waals surface area (Å²) in [7, 11) is 0. The molecule has 2 bridgehead atoms. The Hall–Kier alpha value is -2.82. The van der Waals surface area contributed by atoms with Gasteiger partial charge < -0.3 is 14.5 Å². The molecular formula is C23H24N2O3. The van der Waals surface area contributed by atoms with Gasteiger partial charge in [-0.1, -0.05) is 42.5 Å².